The van der Waals surface area contributed by atoms with Gasteiger partial charge in [0.25, 0.3) is 0 Å². The first kappa shape index (κ1) is 11.0. The van der Waals surface area contributed by atoms with Crippen molar-refractivity contribution in [2.75, 3.05) is 13.2 Å². The fraction of sp³-hybridized carbons (Fsp3) is 0.333. The van der Waals surface area contributed by atoms with Gasteiger partial charge in [0.1, 0.15) is 0 Å². The summed E-state index contributed by atoms with van der Waals surface area (Å²) < 4.78 is 0. The summed E-state index contributed by atoms with van der Waals surface area (Å²) in [4.78, 5) is 8.68. The molecule has 1 atom stereocenters. The van der Waals surface area contributed by atoms with E-state index in [4.69, 9.17) is 5.11 Å². The van der Waals surface area contributed by atoms with Crippen molar-refractivity contribution in [3.05, 3.63) is 35.9 Å². The molecule has 1 unspecified atom stereocenters. The van der Waals surface area contributed by atoms with Crippen LogP contribution in [-0.4, -0.2) is 34.9 Å². The van der Waals surface area contributed by atoms with E-state index in [1.165, 1.54) is 0 Å². The van der Waals surface area contributed by atoms with E-state index in [2.05, 4.69) is 9.98 Å². The smallest absolute Gasteiger partial charge is 0.199 e. The highest BCUT2D eigenvalue weighted by molar-refractivity contribution is 6.43. The Morgan fingerprint density at radius 2 is 1.81 bits per heavy atom. The molecule has 0 saturated carbocycles. The summed E-state index contributed by atoms with van der Waals surface area (Å²) in [6.45, 7) is 1.44. The topological polar surface area (TPSA) is 65.2 Å². The summed E-state index contributed by atoms with van der Waals surface area (Å²) in [5, 5.41) is 18.6. The van der Waals surface area contributed by atoms with E-state index >= 15 is 0 Å². The Hall–Kier alpha value is -1.52. The number of aliphatic hydroxyl groups is 2. The maximum Gasteiger partial charge on any atom is 0.199 e. The predicted octanol–water partition coefficient (Wildman–Crippen LogP) is 0.739. The number of rotatable bonds is 3. The van der Waals surface area contributed by atoms with E-state index < -0.39 is 5.66 Å². The third-order valence-electron chi connectivity index (χ3n) is 2.70. The Morgan fingerprint density at radius 3 is 2.31 bits per heavy atom. The molecule has 4 nitrogen and oxygen atoms in total. The van der Waals surface area contributed by atoms with Crippen LogP contribution in [0.15, 0.2) is 40.3 Å². The number of hydrogen-bond acceptors (Lipinski definition) is 4. The molecule has 1 aromatic rings. The molecule has 2 N–H and O–H groups in total. The molecule has 0 spiro atoms. The molecule has 0 saturated heterocycles. The van der Waals surface area contributed by atoms with Gasteiger partial charge < -0.3 is 10.2 Å². The summed E-state index contributed by atoms with van der Waals surface area (Å²) in [6.07, 6.45) is 0. The van der Waals surface area contributed by atoms with Crippen molar-refractivity contribution in [3.63, 3.8) is 0 Å². The van der Waals surface area contributed by atoms with E-state index in [0.29, 0.717) is 11.4 Å². The Morgan fingerprint density at radius 1 is 1.12 bits per heavy atom. The average molecular weight is 218 g/mol. The molecule has 0 fully saturated rings. The van der Waals surface area contributed by atoms with Gasteiger partial charge in [0.15, 0.2) is 5.66 Å². The van der Waals surface area contributed by atoms with Crippen LogP contribution in [0, 0.1) is 0 Å². The van der Waals surface area contributed by atoms with E-state index in [0.717, 1.165) is 5.56 Å². The summed E-state index contributed by atoms with van der Waals surface area (Å²) in [6, 6.07) is 9.40. The molecule has 0 aliphatic carbocycles. The first-order chi connectivity index (χ1) is 7.72. The molecular weight excluding hydrogens is 204 g/mol. The first-order valence-electron chi connectivity index (χ1n) is 5.14. The van der Waals surface area contributed by atoms with Gasteiger partial charge in [-0.15, -0.1) is 0 Å². The van der Waals surface area contributed by atoms with Crippen molar-refractivity contribution in [2.24, 2.45) is 9.98 Å². The van der Waals surface area contributed by atoms with Crippen LogP contribution >= 0.6 is 0 Å². The molecule has 0 aromatic heterocycles. The quantitative estimate of drug-likeness (QED) is 0.785. The molecule has 0 radical (unpaired) electrons. The summed E-state index contributed by atoms with van der Waals surface area (Å²) in [5.41, 5.74) is 1.10. The molecule has 1 heterocycles. The van der Waals surface area contributed by atoms with Gasteiger partial charge in [-0.25, -0.2) is 4.99 Å². The molecule has 1 aliphatic heterocycles. The second kappa shape index (κ2) is 4.15. The third-order valence-corrected chi connectivity index (χ3v) is 2.70. The van der Waals surface area contributed by atoms with Gasteiger partial charge in [-0.3, -0.25) is 4.99 Å². The van der Waals surface area contributed by atoms with Gasteiger partial charge in [-0.05, 0) is 6.92 Å². The molecule has 2 rings (SSSR count). The Kier molecular flexibility index (Phi) is 2.85. The van der Waals surface area contributed by atoms with Gasteiger partial charge in [0.2, 0.25) is 0 Å². The van der Waals surface area contributed by atoms with Crippen molar-refractivity contribution in [1.29, 1.82) is 0 Å². The average Bonchev–Trinajstić information content (AvgIpc) is 2.68. The highest BCUT2D eigenvalue weighted by atomic mass is 16.3. The summed E-state index contributed by atoms with van der Waals surface area (Å²) in [5.74, 6) is 0. The van der Waals surface area contributed by atoms with Crippen LogP contribution in [0.1, 0.15) is 12.5 Å². The minimum Gasteiger partial charge on any atom is -0.391 e. The lowest BCUT2D eigenvalue weighted by molar-refractivity contribution is 0.206. The molecule has 1 aliphatic rings. The minimum atomic E-state index is -0.955. The van der Waals surface area contributed by atoms with E-state index in [1.54, 1.807) is 6.92 Å². The van der Waals surface area contributed by atoms with Gasteiger partial charge in [-0.1, -0.05) is 30.3 Å². The van der Waals surface area contributed by atoms with Gasteiger partial charge in [0.05, 0.1) is 24.6 Å². The molecule has 1 aromatic carbocycles. The SMILES string of the molecule is CC1=NC(CO)(c2ccccc2)N=C1CO. The number of aliphatic imine (C=N–C) groups is 2. The first-order valence-corrected chi connectivity index (χ1v) is 5.14. The van der Waals surface area contributed by atoms with Crippen LogP contribution in [0.25, 0.3) is 0 Å². The summed E-state index contributed by atoms with van der Waals surface area (Å²) in [7, 11) is 0. The van der Waals surface area contributed by atoms with Crippen molar-refractivity contribution in [3.8, 4) is 0 Å². The zero-order chi connectivity index (χ0) is 11.6. The lowest BCUT2D eigenvalue weighted by Gasteiger charge is -2.20. The fourth-order valence-electron chi connectivity index (χ4n) is 1.82. The van der Waals surface area contributed by atoms with Gasteiger partial charge in [-0.2, -0.15) is 0 Å². The highest BCUT2D eigenvalue weighted by Gasteiger charge is 2.35. The molecule has 4 heteroatoms. The molecular formula is C12H14N2O2. The third kappa shape index (κ3) is 1.66. The van der Waals surface area contributed by atoms with Crippen molar-refractivity contribution < 1.29 is 10.2 Å². The van der Waals surface area contributed by atoms with E-state index in [9.17, 15) is 5.11 Å². The Bertz CT molecular complexity index is 440. The molecule has 16 heavy (non-hydrogen) atoms. The fourth-order valence-corrected chi connectivity index (χ4v) is 1.82. The standard InChI is InChI=1S/C12H14N2O2/c1-9-11(7-15)14-12(8-16,13-9)10-5-3-2-4-6-10/h2-6,15-16H,7-8H2,1H3. The minimum absolute atomic E-state index is 0.149. The largest absolute Gasteiger partial charge is 0.391 e. The van der Waals surface area contributed by atoms with Gasteiger partial charge in [0, 0.05) is 5.56 Å². The molecule has 84 valence electrons. The summed E-state index contributed by atoms with van der Waals surface area (Å²) >= 11 is 0. The highest BCUT2D eigenvalue weighted by Crippen LogP contribution is 2.31. The van der Waals surface area contributed by atoms with E-state index in [-0.39, 0.29) is 13.2 Å². The van der Waals surface area contributed by atoms with E-state index in [1.807, 2.05) is 30.3 Å². The Balaban J connectivity index is 2.48. The molecule has 0 amide bonds. The number of benzene rings is 1. The maximum atomic E-state index is 9.51. The number of aliphatic hydroxyl groups excluding tert-OH is 2. The maximum absolute atomic E-state index is 9.51. The van der Waals surface area contributed by atoms with Crippen LogP contribution in [0.3, 0.4) is 0 Å². The number of hydrogen-bond donors (Lipinski definition) is 2. The van der Waals surface area contributed by atoms with Crippen LogP contribution in [0.5, 0.6) is 0 Å². The van der Waals surface area contributed by atoms with Crippen LogP contribution in [-0.2, 0) is 5.66 Å². The predicted molar refractivity (Wildman–Crippen MR) is 62.8 cm³/mol. The van der Waals surface area contributed by atoms with Crippen LogP contribution < -0.4 is 0 Å². The monoisotopic (exact) mass is 218 g/mol. The van der Waals surface area contributed by atoms with Crippen molar-refractivity contribution >= 4 is 11.4 Å². The Labute approximate surface area is 94.0 Å². The zero-order valence-corrected chi connectivity index (χ0v) is 9.09. The van der Waals surface area contributed by atoms with Gasteiger partial charge >= 0.3 is 0 Å². The molecule has 0 bridgehead atoms. The zero-order valence-electron chi connectivity index (χ0n) is 9.09. The normalized spacial score (nSPS) is 24.2. The number of nitrogens with zero attached hydrogens (tertiary/aromatic N) is 2. The van der Waals surface area contributed by atoms with Crippen LogP contribution in [0.2, 0.25) is 0 Å². The second-order valence-corrected chi connectivity index (χ2v) is 3.75. The second-order valence-electron chi connectivity index (χ2n) is 3.75. The lowest BCUT2D eigenvalue weighted by Crippen LogP contribution is -2.24. The lowest BCUT2D eigenvalue weighted by atomic mass is 10.0. The van der Waals surface area contributed by atoms with Crippen molar-refractivity contribution in [2.45, 2.75) is 12.6 Å². The van der Waals surface area contributed by atoms with Crippen LogP contribution in [0.4, 0.5) is 0 Å². The van der Waals surface area contributed by atoms with Crippen molar-refractivity contribution in [1.82, 2.24) is 0 Å².